The lowest BCUT2D eigenvalue weighted by molar-refractivity contribution is 0.0685. The Balaban J connectivity index is 1.90. The standard InChI is InChI=1S/C17H20N8O4/c1-5-25-14(16(27)20-11-6-18-24(4)9(11)2)12(7-19-25)21-15(26)10-8-23(3)22-13(10)17(28)29/h6-8H,5H2,1-4H3,(H,20,27)(H,21,26)(H,28,29). The van der Waals surface area contributed by atoms with Crippen LogP contribution in [-0.2, 0) is 20.6 Å². The third-order valence-corrected chi connectivity index (χ3v) is 4.36. The summed E-state index contributed by atoms with van der Waals surface area (Å²) >= 11 is 0. The predicted octanol–water partition coefficient (Wildman–Crippen LogP) is 0.881. The number of carboxylic acids is 1. The molecule has 12 nitrogen and oxygen atoms in total. The van der Waals surface area contributed by atoms with Gasteiger partial charge in [0.25, 0.3) is 11.8 Å². The van der Waals surface area contributed by atoms with E-state index in [-0.39, 0.29) is 22.6 Å². The van der Waals surface area contributed by atoms with Crippen molar-refractivity contribution < 1.29 is 19.5 Å². The molecule has 0 aliphatic carbocycles. The summed E-state index contributed by atoms with van der Waals surface area (Å²) in [6.45, 7) is 3.99. The fourth-order valence-electron chi connectivity index (χ4n) is 2.76. The predicted molar refractivity (Wildman–Crippen MR) is 102 cm³/mol. The van der Waals surface area contributed by atoms with Gasteiger partial charge in [-0.3, -0.25) is 23.6 Å². The van der Waals surface area contributed by atoms with Crippen molar-refractivity contribution >= 4 is 29.2 Å². The van der Waals surface area contributed by atoms with Crippen molar-refractivity contribution in [3.8, 4) is 0 Å². The number of nitrogens with zero attached hydrogens (tertiary/aromatic N) is 6. The van der Waals surface area contributed by atoms with Crippen LogP contribution in [0.3, 0.4) is 0 Å². The van der Waals surface area contributed by atoms with Crippen LogP contribution in [0.25, 0.3) is 0 Å². The van der Waals surface area contributed by atoms with Gasteiger partial charge >= 0.3 is 5.97 Å². The number of anilines is 2. The Morgan fingerprint density at radius 2 is 1.72 bits per heavy atom. The second-order valence-electron chi connectivity index (χ2n) is 6.27. The van der Waals surface area contributed by atoms with Crippen LogP contribution in [0.15, 0.2) is 18.6 Å². The van der Waals surface area contributed by atoms with E-state index in [1.807, 2.05) is 0 Å². The average Bonchev–Trinajstić information content (AvgIpc) is 3.34. The molecule has 0 aliphatic heterocycles. The molecule has 2 amide bonds. The van der Waals surface area contributed by atoms with Gasteiger partial charge in [-0.25, -0.2) is 4.79 Å². The van der Waals surface area contributed by atoms with Crippen molar-refractivity contribution in [3.05, 3.63) is 41.2 Å². The number of aryl methyl sites for hydroxylation is 3. The fraction of sp³-hybridized carbons (Fsp3) is 0.294. The maximum Gasteiger partial charge on any atom is 0.357 e. The molecule has 0 unspecified atom stereocenters. The molecular weight excluding hydrogens is 380 g/mol. The van der Waals surface area contributed by atoms with E-state index < -0.39 is 17.8 Å². The van der Waals surface area contributed by atoms with E-state index in [2.05, 4.69) is 25.9 Å². The molecule has 29 heavy (non-hydrogen) atoms. The molecule has 0 fully saturated rings. The monoisotopic (exact) mass is 400 g/mol. The van der Waals surface area contributed by atoms with E-state index >= 15 is 0 Å². The van der Waals surface area contributed by atoms with E-state index in [1.165, 1.54) is 35.0 Å². The minimum absolute atomic E-state index is 0.126. The van der Waals surface area contributed by atoms with Gasteiger partial charge in [0.15, 0.2) is 5.69 Å². The molecule has 0 saturated heterocycles. The van der Waals surface area contributed by atoms with E-state index in [0.717, 1.165) is 5.69 Å². The van der Waals surface area contributed by atoms with Gasteiger partial charge in [-0.15, -0.1) is 0 Å². The summed E-state index contributed by atoms with van der Waals surface area (Å²) in [5, 5.41) is 26.5. The largest absolute Gasteiger partial charge is 0.476 e. The maximum absolute atomic E-state index is 12.9. The first kappa shape index (κ1) is 19.8. The molecule has 0 atom stereocenters. The van der Waals surface area contributed by atoms with Crippen LogP contribution in [-0.4, -0.2) is 52.2 Å². The number of hydrogen-bond acceptors (Lipinski definition) is 6. The highest BCUT2D eigenvalue weighted by Gasteiger charge is 2.25. The highest BCUT2D eigenvalue weighted by atomic mass is 16.4. The Morgan fingerprint density at radius 3 is 2.31 bits per heavy atom. The number of carboxylic acid groups (broad SMARTS) is 1. The molecule has 0 aromatic carbocycles. The van der Waals surface area contributed by atoms with Gasteiger partial charge in [0, 0.05) is 26.8 Å². The van der Waals surface area contributed by atoms with Crippen molar-refractivity contribution in [3.63, 3.8) is 0 Å². The van der Waals surface area contributed by atoms with E-state index in [1.54, 1.807) is 25.6 Å². The Kier molecular flexibility index (Phi) is 5.17. The molecule has 0 radical (unpaired) electrons. The molecule has 0 spiro atoms. The molecule has 0 bridgehead atoms. The van der Waals surface area contributed by atoms with Gasteiger partial charge in [0.1, 0.15) is 5.69 Å². The van der Waals surface area contributed by atoms with Crippen LogP contribution in [0.5, 0.6) is 0 Å². The molecule has 3 aromatic heterocycles. The first-order valence-electron chi connectivity index (χ1n) is 8.67. The lowest BCUT2D eigenvalue weighted by atomic mass is 10.2. The van der Waals surface area contributed by atoms with Gasteiger partial charge < -0.3 is 15.7 Å². The summed E-state index contributed by atoms with van der Waals surface area (Å²) in [5.41, 5.74) is 1.05. The molecule has 152 valence electrons. The number of amides is 2. The highest BCUT2D eigenvalue weighted by Crippen LogP contribution is 2.20. The Bertz CT molecular complexity index is 1110. The van der Waals surface area contributed by atoms with Crippen LogP contribution < -0.4 is 10.6 Å². The maximum atomic E-state index is 12.9. The quantitative estimate of drug-likeness (QED) is 0.556. The molecule has 3 rings (SSSR count). The smallest absolute Gasteiger partial charge is 0.357 e. The zero-order valence-corrected chi connectivity index (χ0v) is 16.3. The topological polar surface area (TPSA) is 149 Å². The zero-order valence-electron chi connectivity index (χ0n) is 16.3. The SMILES string of the molecule is CCn1ncc(NC(=O)c2cn(C)nc2C(=O)O)c1C(=O)Nc1cnn(C)c1C. The number of rotatable bonds is 6. The lowest BCUT2D eigenvalue weighted by Gasteiger charge is -2.09. The van der Waals surface area contributed by atoms with Gasteiger partial charge in [-0.2, -0.15) is 15.3 Å². The molecule has 3 aromatic rings. The third kappa shape index (κ3) is 3.72. The second-order valence-corrected chi connectivity index (χ2v) is 6.27. The zero-order chi connectivity index (χ0) is 21.3. The van der Waals surface area contributed by atoms with Crippen molar-refractivity contribution in [2.45, 2.75) is 20.4 Å². The van der Waals surface area contributed by atoms with Gasteiger partial charge in [0.05, 0.1) is 35.0 Å². The summed E-state index contributed by atoms with van der Waals surface area (Å²) < 4.78 is 4.27. The molecule has 12 heteroatoms. The summed E-state index contributed by atoms with van der Waals surface area (Å²) in [6.07, 6.45) is 4.15. The first-order chi connectivity index (χ1) is 13.7. The lowest BCUT2D eigenvalue weighted by Crippen LogP contribution is -2.22. The van der Waals surface area contributed by atoms with Crippen molar-refractivity contribution in [2.75, 3.05) is 10.6 Å². The number of hydrogen-bond donors (Lipinski definition) is 3. The summed E-state index contributed by atoms with van der Waals surface area (Å²) in [4.78, 5) is 36.8. The second kappa shape index (κ2) is 7.58. The van der Waals surface area contributed by atoms with Crippen LogP contribution in [0.1, 0.15) is 44.0 Å². The Labute approximate surface area is 165 Å². The van der Waals surface area contributed by atoms with E-state index in [4.69, 9.17) is 0 Å². The number of aromatic nitrogens is 6. The third-order valence-electron chi connectivity index (χ3n) is 4.36. The molecule has 3 N–H and O–H groups in total. The van der Waals surface area contributed by atoms with Crippen LogP contribution in [0.2, 0.25) is 0 Å². The van der Waals surface area contributed by atoms with Gasteiger partial charge in [0.2, 0.25) is 0 Å². The van der Waals surface area contributed by atoms with Gasteiger partial charge in [-0.05, 0) is 13.8 Å². The Morgan fingerprint density at radius 1 is 1.07 bits per heavy atom. The minimum Gasteiger partial charge on any atom is -0.476 e. The number of nitrogens with one attached hydrogen (secondary N) is 2. The molecule has 0 aliphatic rings. The van der Waals surface area contributed by atoms with Crippen LogP contribution >= 0.6 is 0 Å². The summed E-state index contributed by atoms with van der Waals surface area (Å²) in [6, 6.07) is 0. The fourth-order valence-corrected chi connectivity index (χ4v) is 2.76. The number of carbonyl (C=O) groups excluding carboxylic acids is 2. The number of carbonyl (C=O) groups is 3. The van der Waals surface area contributed by atoms with E-state index in [0.29, 0.717) is 12.2 Å². The van der Waals surface area contributed by atoms with Crippen LogP contribution in [0.4, 0.5) is 11.4 Å². The van der Waals surface area contributed by atoms with Crippen molar-refractivity contribution in [1.29, 1.82) is 0 Å². The average molecular weight is 400 g/mol. The molecular formula is C17H20N8O4. The summed E-state index contributed by atoms with van der Waals surface area (Å²) in [5.74, 6) is -2.52. The first-order valence-corrected chi connectivity index (χ1v) is 8.67. The van der Waals surface area contributed by atoms with E-state index in [9.17, 15) is 19.5 Å². The molecule has 0 saturated carbocycles. The molecule has 3 heterocycles. The van der Waals surface area contributed by atoms with Gasteiger partial charge in [-0.1, -0.05) is 0 Å². The normalized spacial score (nSPS) is 10.8. The van der Waals surface area contributed by atoms with Crippen LogP contribution in [0, 0.1) is 6.92 Å². The Hall–Kier alpha value is -3.96. The van der Waals surface area contributed by atoms with Crippen molar-refractivity contribution in [2.24, 2.45) is 14.1 Å². The summed E-state index contributed by atoms with van der Waals surface area (Å²) in [7, 11) is 3.26. The highest BCUT2D eigenvalue weighted by molar-refractivity contribution is 6.13. The van der Waals surface area contributed by atoms with Crippen molar-refractivity contribution in [1.82, 2.24) is 29.3 Å². The minimum atomic E-state index is -1.33. The number of aromatic carboxylic acids is 1.